The predicted molar refractivity (Wildman–Crippen MR) is 127 cm³/mol. The first-order valence-corrected chi connectivity index (χ1v) is 11.0. The lowest BCUT2D eigenvalue weighted by molar-refractivity contribution is -0.384. The Bertz CT molecular complexity index is 1080. The molecule has 0 bridgehead atoms. The number of nitrogens with two attached hydrogens (primary N) is 1. The quantitative estimate of drug-likeness (QED) is 0.309. The van der Waals surface area contributed by atoms with E-state index in [0.717, 1.165) is 18.4 Å². The average molecular weight is 466 g/mol. The highest BCUT2D eigenvalue weighted by atomic mass is 16.6. The Kier molecular flexibility index (Phi) is 8.47. The van der Waals surface area contributed by atoms with Crippen LogP contribution in [0.4, 0.5) is 11.4 Å². The van der Waals surface area contributed by atoms with Crippen LogP contribution in [0.2, 0.25) is 0 Å². The van der Waals surface area contributed by atoms with E-state index in [-0.39, 0.29) is 24.0 Å². The molecule has 0 saturated carbocycles. The summed E-state index contributed by atoms with van der Waals surface area (Å²) in [5.74, 6) is -1.09. The highest BCUT2D eigenvalue weighted by molar-refractivity contribution is 5.98. The highest BCUT2D eigenvalue weighted by Crippen LogP contribution is 2.15. The molecule has 1 unspecified atom stereocenters. The number of nitrogens with one attached hydrogen (secondary N) is 2. The zero-order chi connectivity index (χ0) is 24.5. The van der Waals surface area contributed by atoms with Crippen molar-refractivity contribution in [2.75, 3.05) is 18.4 Å². The first-order valence-electron chi connectivity index (χ1n) is 11.0. The Hall–Kier alpha value is -4.05. The molecule has 0 aliphatic carbocycles. The van der Waals surface area contributed by atoms with Crippen LogP contribution < -0.4 is 16.4 Å². The lowest BCUT2D eigenvalue weighted by Crippen LogP contribution is -2.49. The van der Waals surface area contributed by atoms with Gasteiger partial charge in [-0.1, -0.05) is 12.1 Å². The zero-order valence-electron chi connectivity index (χ0n) is 18.6. The van der Waals surface area contributed by atoms with E-state index in [9.17, 15) is 24.5 Å². The summed E-state index contributed by atoms with van der Waals surface area (Å²) < 4.78 is 0. The minimum absolute atomic E-state index is 0.0399. The maximum absolute atomic E-state index is 13.0. The molecule has 2 aromatic carbocycles. The summed E-state index contributed by atoms with van der Waals surface area (Å²) in [6.07, 6.45) is 4.74. The number of likely N-dealkylation sites (tertiary alicyclic amines) is 1. The van der Waals surface area contributed by atoms with Gasteiger partial charge in [-0.3, -0.25) is 24.5 Å². The average Bonchev–Trinajstić information content (AvgIpc) is 2.99. The van der Waals surface area contributed by atoms with Crippen LogP contribution in [-0.2, 0) is 20.9 Å². The van der Waals surface area contributed by atoms with E-state index in [0.29, 0.717) is 30.8 Å². The monoisotopic (exact) mass is 465 g/mol. The van der Waals surface area contributed by atoms with Gasteiger partial charge in [0.05, 0.1) is 11.5 Å². The maximum atomic E-state index is 13.0. The van der Waals surface area contributed by atoms with Crippen molar-refractivity contribution in [3.8, 4) is 0 Å². The van der Waals surface area contributed by atoms with Crippen molar-refractivity contribution >= 4 is 35.2 Å². The van der Waals surface area contributed by atoms with Crippen molar-refractivity contribution in [2.45, 2.75) is 31.8 Å². The molecule has 1 heterocycles. The third kappa shape index (κ3) is 6.97. The van der Waals surface area contributed by atoms with Gasteiger partial charge >= 0.3 is 0 Å². The second-order valence-corrected chi connectivity index (χ2v) is 7.95. The molecule has 178 valence electrons. The number of hydrogen-bond donors (Lipinski definition) is 3. The minimum atomic E-state index is -0.732. The molecule has 1 saturated heterocycles. The van der Waals surface area contributed by atoms with Gasteiger partial charge in [0.1, 0.15) is 6.04 Å². The number of carbonyl (C=O) groups is 3. The van der Waals surface area contributed by atoms with Crippen LogP contribution in [0.5, 0.6) is 0 Å². The first-order chi connectivity index (χ1) is 16.4. The molecule has 1 atom stereocenters. The molecule has 0 aromatic heterocycles. The van der Waals surface area contributed by atoms with E-state index >= 15 is 0 Å². The van der Waals surface area contributed by atoms with E-state index < -0.39 is 16.9 Å². The number of anilines is 1. The van der Waals surface area contributed by atoms with Crippen molar-refractivity contribution in [3.05, 3.63) is 75.8 Å². The maximum Gasteiger partial charge on any atom is 0.269 e. The van der Waals surface area contributed by atoms with Gasteiger partial charge in [0, 0.05) is 37.0 Å². The number of amides is 3. The zero-order valence-corrected chi connectivity index (χ0v) is 18.6. The molecule has 4 N–H and O–H groups in total. The molecule has 10 heteroatoms. The number of nitrogens with zero attached hydrogens (tertiary/aromatic N) is 2. The number of hydrogen-bond acceptors (Lipinski definition) is 6. The van der Waals surface area contributed by atoms with Crippen LogP contribution in [-0.4, -0.2) is 46.7 Å². The summed E-state index contributed by atoms with van der Waals surface area (Å²) in [6, 6.07) is 12.2. The number of non-ortho nitro benzene ring substituents is 1. The molecule has 34 heavy (non-hydrogen) atoms. The van der Waals surface area contributed by atoms with Gasteiger partial charge in [0.2, 0.25) is 17.7 Å². The van der Waals surface area contributed by atoms with Gasteiger partial charge in [-0.15, -0.1) is 0 Å². The lowest BCUT2D eigenvalue weighted by atomic mass is 10.1. The molecule has 3 rings (SSSR count). The number of benzene rings is 2. The van der Waals surface area contributed by atoms with Crippen LogP contribution in [0, 0.1) is 10.1 Å². The topological polar surface area (TPSA) is 148 Å². The van der Waals surface area contributed by atoms with Crippen LogP contribution >= 0.6 is 0 Å². The number of carbonyl (C=O) groups excluding carboxylic acids is 3. The van der Waals surface area contributed by atoms with E-state index in [4.69, 9.17) is 5.73 Å². The smallest absolute Gasteiger partial charge is 0.269 e. The van der Waals surface area contributed by atoms with Crippen LogP contribution in [0.3, 0.4) is 0 Å². The van der Waals surface area contributed by atoms with Crippen molar-refractivity contribution in [1.82, 2.24) is 10.2 Å². The first kappa shape index (κ1) is 24.6. The Morgan fingerprint density at radius 1 is 1.18 bits per heavy atom. The molecule has 1 aliphatic heterocycles. The Morgan fingerprint density at radius 3 is 2.65 bits per heavy atom. The van der Waals surface area contributed by atoms with Crippen molar-refractivity contribution < 1.29 is 19.3 Å². The molecular weight excluding hydrogens is 438 g/mol. The third-order valence-corrected chi connectivity index (χ3v) is 5.41. The summed E-state index contributed by atoms with van der Waals surface area (Å²) in [5, 5.41) is 16.2. The molecule has 10 nitrogen and oxygen atoms in total. The van der Waals surface area contributed by atoms with Gasteiger partial charge in [0.25, 0.3) is 5.69 Å². The number of nitro benzene ring substituents is 1. The molecular formula is C24H27N5O5. The van der Waals surface area contributed by atoms with Crippen molar-refractivity contribution in [1.29, 1.82) is 0 Å². The van der Waals surface area contributed by atoms with Crippen LogP contribution in [0.1, 0.15) is 30.4 Å². The molecule has 0 radical (unpaired) electrons. The van der Waals surface area contributed by atoms with Crippen LogP contribution in [0.25, 0.3) is 6.08 Å². The molecule has 2 aromatic rings. The molecule has 1 fully saturated rings. The fraction of sp³-hybridized carbons (Fsp3) is 0.292. The summed E-state index contributed by atoms with van der Waals surface area (Å²) in [4.78, 5) is 49.6. The van der Waals surface area contributed by atoms with E-state index in [1.54, 1.807) is 18.2 Å². The minimum Gasteiger partial charge on any atom is -0.341 e. The summed E-state index contributed by atoms with van der Waals surface area (Å²) in [7, 11) is 0. The second-order valence-electron chi connectivity index (χ2n) is 7.95. The summed E-state index contributed by atoms with van der Waals surface area (Å²) in [5.41, 5.74) is 7.70. The van der Waals surface area contributed by atoms with Crippen molar-refractivity contribution in [3.63, 3.8) is 0 Å². The van der Waals surface area contributed by atoms with Gasteiger partial charge in [-0.2, -0.15) is 0 Å². The van der Waals surface area contributed by atoms with E-state index in [2.05, 4.69) is 10.6 Å². The molecule has 0 spiro atoms. The normalized spacial score (nSPS) is 16.2. The standard InChI is InChI=1S/C24H27N5O5/c25-15-18-4-3-5-19(14-18)26-23(31)16-28-13-2-1-6-21(24(28)32)27-22(30)12-9-17-7-10-20(11-8-17)29(33)34/h3-5,7-12,14,21H,1-2,6,13,15-16,25H2,(H,26,31)(H,27,30)/b12-9+. The van der Waals surface area contributed by atoms with Crippen molar-refractivity contribution in [2.24, 2.45) is 5.73 Å². The summed E-state index contributed by atoms with van der Waals surface area (Å²) >= 11 is 0. The van der Waals surface area contributed by atoms with E-state index in [1.807, 2.05) is 6.07 Å². The number of nitro groups is 1. The number of rotatable bonds is 8. The van der Waals surface area contributed by atoms with E-state index in [1.165, 1.54) is 41.3 Å². The largest absolute Gasteiger partial charge is 0.341 e. The molecule has 1 aliphatic rings. The van der Waals surface area contributed by atoms with Crippen LogP contribution in [0.15, 0.2) is 54.6 Å². The Morgan fingerprint density at radius 2 is 1.94 bits per heavy atom. The van der Waals surface area contributed by atoms with Gasteiger partial charge in [0.15, 0.2) is 0 Å². The molecule has 3 amide bonds. The second kappa shape index (κ2) is 11.7. The van der Waals surface area contributed by atoms with Gasteiger partial charge in [-0.05, 0) is 60.7 Å². The summed E-state index contributed by atoms with van der Waals surface area (Å²) in [6.45, 7) is 0.672. The highest BCUT2D eigenvalue weighted by Gasteiger charge is 2.29. The fourth-order valence-corrected chi connectivity index (χ4v) is 3.64. The predicted octanol–water partition coefficient (Wildman–Crippen LogP) is 2.20. The third-order valence-electron chi connectivity index (χ3n) is 5.41. The van der Waals surface area contributed by atoms with Gasteiger partial charge < -0.3 is 21.3 Å². The Labute approximate surface area is 197 Å². The fourth-order valence-electron chi connectivity index (χ4n) is 3.64. The van der Waals surface area contributed by atoms with Gasteiger partial charge in [-0.25, -0.2) is 0 Å². The SMILES string of the molecule is NCc1cccc(NC(=O)CN2CCCCC(NC(=O)/C=C/c3ccc([N+](=O)[O-])cc3)C2=O)c1. The Balaban J connectivity index is 1.57. The lowest BCUT2D eigenvalue weighted by Gasteiger charge is -2.24.